The van der Waals surface area contributed by atoms with Crippen LogP contribution in [0.1, 0.15) is 57.3 Å². The van der Waals surface area contributed by atoms with E-state index < -0.39 is 11.8 Å². The highest BCUT2D eigenvalue weighted by Crippen LogP contribution is 2.23. The quantitative estimate of drug-likeness (QED) is 0.657. The summed E-state index contributed by atoms with van der Waals surface area (Å²) in [4.78, 5) is 54.7. The molecule has 0 spiro atoms. The summed E-state index contributed by atoms with van der Waals surface area (Å²) in [6, 6.07) is 7.09. The molecule has 3 rings (SSSR count). The number of likely N-dealkylation sites (tertiary alicyclic amines) is 1. The fourth-order valence-corrected chi connectivity index (χ4v) is 4.59. The Bertz CT molecular complexity index is 883. The summed E-state index contributed by atoms with van der Waals surface area (Å²) in [6.45, 7) is 9.06. The molecular weight excluding hydrogens is 436 g/mol. The van der Waals surface area contributed by atoms with Gasteiger partial charge in [-0.05, 0) is 71.2 Å². The molecule has 0 bridgehead atoms. The van der Waals surface area contributed by atoms with Gasteiger partial charge < -0.3 is 24.8 Å². The minimum atomic E-state index is -0.618. The first-order valence-corrected chi connectivity index (χ1v) is 12.1. The van der Waals surface area contributed by atoms with Crippen LogP contribution >= 0.6 is 0 Å². The van der Waals surface area contributed by atoms with Crippen molar-refractivity contribution in [2.24, 2.45) is 0 Å². The lowest BCUT2D eigenvalue weighted by atomic mass is 9.97. The van der Waals surface area contributed by atoms with E-state index in [2.05, 4.69) is 19.2 Å². The average molecular weight is 473 g/mol. The third-order valence-electron chi connectivity index (χ3n) is 6.41. The first-order chi connectivity index (χ1) is 16.2. The second kappa shape index (κ2) is 11.4. The summed E-state index contributed by atoms with van der Waals surface area (Å²) >= 11 is 0. The molecule has 9 heteroatoms. The number of nitrogens with zero attached hydrogens (tertiary/aromatic N) is 3. The Kier molecular flexibility index (Phi) is 8.52. The van der Waals surface area contributed by atoms with Gasteiger partial charge in [-0.1, -0.05) is 0 Å². The van der Waals surface area contributed by atoms with Gasteiger partial charge in [0.25, 0.3) is 11.8 Å². The number of ether oxygens (including phenoxy) is 1. The van der Waals surface area contributed by atoms with Gasteiger partial charge in [-0.15, -0.1) is 0 Å². The van der Waals surface area contributed by atoms with Crippen molar-refractivity contribution in [3.8, 4) is 5.75 Å². The van der Waals surface area contributed by atoms with E-state index in [9.17, 15) is 19.2 Å². The Balaban J connectivity index is 1.48. The molecule has 2 aliphatic rings. The molecule has 4 amide bonds. The van der Waals surface area contributed by atoms with Gasteiger partial charge in [-0.2, -0.15) is 0 Å². The summed E-state index contributed by atoms with van der Waals surface area (Å²) in [6.07, 6.45) is 3.17. The highest BCUT2D eigenvalue weighted by molar-refractivity contribution is 6.35. The Hall–Kier alpha value is -3.10. The van der Waals surface area contributed by atoms with Gasteiger partial charge in [0.2, 0.25) is 0 Å². The van der Waals surface area contributed by atoms with Gasteiger partial charge in [-0.25, -0.2) is 0 Å². The fourth-order valence-electron chi connectivity index (χ4n) is 4.59. The Labute approximate surface area is 201 Å². The Morgan fingerprint density at radius 2 is 1.50 bits per heavy atom. The summed E-state index contributed by atoms with van der Waals surface area (Å²) in [5.41, 5.74) is 0.509. The van der Waals surface area contributed by atoms with Crippen molar-refractivity contribution in [3.05, 3.63) is 29.8 Å². The minimum Gasteiger partial charge on any atom is -0.484 e. The van der Waals surface area contributed by atoms with Gasteiger partial charge in [-0.3, -0.25) is 19.2 Å². The molecule has 1 N–H and O–H groups in total. The molecule has 1 aromatic carbocycles. The predicted octanol–water partition coefficient (Wildman–Crippen LogP) is 1.66. The summed E-state index contributed by atoms with van der Waals surface area (Å²) in [5, 5.41) is 2.60. The topological polar surface area (TPSA) is 99.3 Å². The molecule has 2 fully saturated rings. The summed E-state index contributed by atoms with van der Waals surface area (Å²) in [5.74, 6) is -0.807. The lowest BCUT2D eigenvalue weighted by Gasteiger charge is -2.39. The molecule has 0 radical (unpaired) electrons. The van der Waals surface area contributed by atoms with Crippen molar-refractivity contribution in [2.45, 2.75) is 65.1 Å². The Morgan fingerprint density at radius 3 is 2.06 bits per heavy atom. The third kappa shape index (κ3) is 6.27. The van der Waals surface area contributed by atoms with Crippen LogP contribution < -0.4 is 10.1 Å². The molecule has 1 aromatic rings. The van der Waals surface area contributed by atoms with Crippen molar-refractivity contribution in [2.75, 3.05) is 32.8 Å². The molecule has 2 atom stereocenters. The third-order valence-corrected chi connectivity index (χ3v) is 6.41. The molecule has 34 heavy (non-hydrogen) atoms. The number of hydrogen-bond acceptors (Lipinski definition) is 5. The largest absolute Gasteiger partial charge is 0.484 e. The highest BCUT2D eigenvalue weighted by atomic mass is 16.5. The van der Waals surface area contributed by atoms with Crippen LogP contribution in [0.15, 0.2) is 24.3 Å². The zero-order chi connectivity index (χ0) is 24.8. The maximum absolute atomic E-state index is 12.9. The lowest BCUT2D eigenvalue weighted by molar-refractivity contribution is -0.147. The second-order valence-electron chi connectivity index (χ2n) is 9.46. The van der Waals surface area contributed by atoms with Crippen LogP contribution in [0.4, 0.5) is 0 Å². The molecular formula is C25H36N4O5. The number of benzene rings is 1. The second-order valence-corrected chi connectivity index (χ2v) is 9.46. The van der Waals surface area contributed by atoms with E-state index in [1.165, 1.54) is 4.90 Å². The first kappa shape index (κ1) is 25.5. The number of piperazine rings is 1. The summed E-state index contributed by atoms with van der Waals surface area (Å²) < 4.78 is 5.69. The zero-order valence-electron chi connectivity index (χ0n) is 20.6. The van der Waals surface area contributed by atoms with Gasteiger partial charge >= 0.3 is 11.8 Å². The zero-order valence-corrected chi connectivity index (χ0v) is 20.6. The highest BCUT2D eigenvalue weighted by Gasteiger charge is 2.30. The molecule has 2 unspecified atom stereocenters. The molecule has 2 saturated heterocycles. The van der Waals surface area contributed by atoms with Crippen LogP contribution in [-0.2, 0) is 14.4 Å². The van der Waals surface area contributed by atoms with Crippen molar-refractivity contribution in [3.63, 3.8) is 0 Å². The van der Waals surface area contributed by atoms with Crippen LogP contribution in [0.2, 0.25) is 0 Å². The van der Waals surface area contributed by atoms with Crippen molar-refractivity contribution in [1.82, 2.24) is 20.0 Å². The van der Waals surface area contributed by atoms with Crippen molar-refractivity contribution < 1.29 is 23.9 Å². The molecule has 2 aliphatic heterocycles. The van der Waals surface area contributed by atoms with E-state index >= 15 is 0 Å². The van der Waals surface area contributed by atoms with Gasteiger partial charge in [0.1, 0.15) is 5.75 Å². The fraction of sp³-hybridized carbons (Fsp3) is 0.600. The maximum Gasteiger partial charge on any atom is 0.312 e. The number of nitrogens with one attached hydrogen (secondary N) is 1. The van der Waals surface area contributed by atoms with Gasteiger partial charge in [0.15, 0.2) is 6.61 Å². The first-order valence-electron chi connectivity index (χ1n) is 12.1. The summed E-state index contributed by atoms with van der Waals surface area (Å²) in [7, 11) is 0. The van der Waals surface area contributed by atoms with E-state index in [0.717, 1.165) is 19.3 Å². The smallest absolute Gasteiger partial charge is 0.312 e. The van der Waals surface area contributed by atoms with Crippen LogP contribution in [0.5, 0.6) is 5.75 Å². The van der Waals surface area contributed by atoms with E-state index in [-0.39, 0.29) is 36.5 Å². The maximum atomic E-state index is 12.9. The standard InChI is InChI=1S/C25H36N4O5/c1-17(2)26-23(31)25(33)28-14-12-27(13-15-28)24(32)20-8-10-21(11-9-20)34-16-22(30)29-18(3)6-5-7-19(29)4/h8-11,17-19H,5-7,12-16H2,1-4H3,(H,26,31). The van der Waals surface area contributed by atoms with Crippen LogP contribution in [0, 0.1) is 0 Å². The van der Waals surface area contributed by atoms with Crippen molar-refractivity contribution >= 4 is 23.6 Å². The van der Waals surface area contributed by atoms with Gasteiger partial charge in [0.05, 0.1) is 0 Å². The van der Waals surface area contributed by atoms with Crippen molar-refractivity contribution in [1.29, 1.82) is 0 Å². The van der Waals surface area contributed by atoms with E-state index in [1.807, 2.05) is 4.90 Å². The SMILES string of the molecule is CC(C)NC(=O)C(=O)N1CCN(C(=O)c2ccc(OCC(=O)N3C(C)CCCC3C)cc2)CC1. The molecule has 0 aromatic heterocycles. The van der Waals surface area contributed by atoms with E-state index in [4.69, 9.17) is 4.74 Å². The van der Waals surface area contributed by atoms with Gasteiger partial charge in [0, 0.05) is 49.9 Å². The molecule has 0 aliphatic carbocycles. The normalized spacial score (nSPS) is 20.8. The number of carbonyl (C=O) groups is 4. The van der Waals surface area contributed by atoms with Crippen LogP contribution in [0.25, 0.3) is 0 Å². The number of piperidine rings is 1. The molecule has 9 nitrogen and oxygen atoms in total. The van der Waals surface area contributed by atoms with Crippen LogP contribution in [-0.4, -0.2) is 89.2 Å². The predicted molar refractivity (Wildman–Crippen MR) is 127 cm³/mol. The monoisotopic (exact) mass is 472 g/mol. The minimum absolute atomic E-state index is 0.0191. The molecule has 186 valence electrons. The number of amides is 4. The molecule has 0 saturated carbocycles. The van der Waals surface area contributed by atoms with E-state index in [1.54, 1.807) is 43.0 Å². The lowest BCUT2D eigenvalue weighted by Crippen LogP contribution is -2.54. The number of rotatable bonds is 5. The average Bonchev–Trinajstić information content (AvgIpc) is 2.81. The van der Waals surface area contributed by atoms with Crippen LogP contribution in [0.3, 0.4) is 0 Å². The molecule has 2 heterocycles. The van der Waals surface area contributed by atoms with E-state index in [0.29, 0.717) is 37.5 Å². The Morgan fingerprint density at radius 1 is 0.941 bits per heavy atom. The number of hydrogen-bond donors (Lipinski definition) is 1. The number of carbonyl (C=O) groups excluding carboxylic acids is 4.